The minimum atomic E-state index is -4.55. The summed E-state index contributed by atoms with van der Waals surface area (Å²) in [5, 5.41) is 4.89. The molecule has 0 saturated heterocycles. The molecule has 1 aromatic heterocycles. The smallest absolute Gasteiger partial charge is 0.373 e. The highest BCUT2D eigenvalue weighted by molar-refractivity contribution is 8.00. The highest BCUT2D eigenvalue weighted by Crippen LogP contribution is 2.32. The van der Waals surface area contributed by atoms with Crippen molar-refractivity contribution in [3.05, 3.63) is 17.7 Å². The van der Waals surface area contributed by atoms with Gasteiger partial charge in [0.05, 0.1) is 5.56 Å². The highest BCUT2D eigenvalue weighted by atomic mass is 32.2. The van der Waals surface area contributed by atoms with E-state index < -0.39 is 17.2 Å². The fraction of sp³-hybridized carbons (Fsp3) is 0.500. The van der Waals surface area contributed by atoms with E-state index in [2.05, 4.69) is 15.6 Å². The monoisotopic (exact) mass is 319 g/mol. The van der Waals surface area contributed by atoms with Gasteiger partial charge >= 0.3 is 11.7 Å². The molecule has 0 amide bonds. The van der Waals surface area contributed by atoms with Gasteiger partial charge in [-0.1, -0.05) is 0 Å². The second-order valence-corrected chi connectivity index (χ2v) is 4.75. The summed E-state index contributed by atoms with van der Waals surface area (Å²) in [6.45, 7) is -0.151. The molecule has 0 aromatic carbocycles. The number of nitrogens with one attached hydrogen (secondary N) is 2. The first-order valence-corrected chi connectivity index (χ1v) is 6.32. The van der Waals surface area contributed by atoms with E-state index in [1.54, 1.807) is 0 Å². The van der Waals surface area contributed by atoms with Crippen LogP contribution in [-0.2, 0) is 6.18 Å². The Hall–Kier alpha value is -1.32. The third-order valence-corrected chi connectivity index (χ3v) is 2.82. The van der Waals surface area contributed by atoms with Crippen LogP contribution in [0.25, 0.3) is 0 Å². The molecule has 0 saturated carbocycles. The maximum Gasteiger partial charge on any atom is 0.441 e. The third-order valence-electron chi connectivity index (χ3n) is 2.08. The predicted molar refractivity (Wildman–Crippen MR) is 65.8 cm³/mol. The average Bonchev–Trinajstić information content (AvgIpc) is 2.32. The zero-order chi connectivity index (χ0) is 15.4. The van der Waals surface area contributed by atoms with Crippen molar-refractivity contribution in [3.63, 3.8) is 0 Å². The summed E-state index contributed by atoms with van der Waals surface area (Å²) in [7, 11) is 1.39. The second-order valence-electron chi connectivity index (χ2n) is 3.60. The van der Waals surface area contributed by atoms with Crippen LogP contribution in [-0.4, -0.2) is 29.8 Å². The summed E-state index contributed by atoms with van der Waals surface area (Å²) < 4.78 is 73.4. The number of hydrogen-bond acceptors (Lipinski definition) is 4. The van der Waals surface area contributed by atoms with Crippen LogP contribution in [0.3, 0.4) is 0 Å². The molecule has 20 heavy (non-hydrogen) atoms. The fourth-order valence-electron chi connectivity index (χ4n) is 1.26. The molecule has 3 nitrogen and oxygen atoms in total. The number of thioether (sulfide) groups is 1. The lowest BCUT2D eigenvalue weighted by molar-refractivity contribution is -0.137. The Morgan fingerprint density at radius 1 is 1.10 bits per heavy atom. The van der Waals surface area contributed by atoms with Crippen molar-refractivity contribution >= 4 is 23.4 Å². The number of nitrogens with zero attached hydrogens (tertiary/aromatic N) is 1. The molecule has 0 aliphatic heterocycles. The van der Waals surface area contributed by atoms with Crippen molar-refractivity contribution in [1.82, 2.24) is 4.98 Å². The van der Waals surface area contributed by atoms with Crippen LogP contribution >= 0.6 is 11.8 Å². The molecule has 0 unspecified atom stereocenters. The van der Waals surface area contributed by atoms with E-state index in [-0.39, 0.29) is 35.7 Å². The normalized spacial score (nSPS) is 12.3. The zero-order valence-corrected chi connectivity index (χ0v) is 11.0. The van der Waals surface area contributed by atoms with Crippen molar-refractivity contribution in [3.8, 4) is 0 Å². The number of aromatic nitrogens is 1. The minimum absolute atomic E-state index is 0.0224. The van der Waals surface area contributed by atoms with Gasteiger partial charge in [0.2, 0.25) is 0 Å². The molecule has 1 aromatic rings. The lowest BCUT2D eigenvalue weighted by Gasteiger charge is -2.12. The second kappa shape index (κ2) is 6.42. The number of pyridine rings is 1. The van der Waals surface area contributed by atoms with Gasteiger partial charge < -0.3 is 10.6 Å². The van der Waals surface area contributed by atoms with Crippen LogP contribution in [0.4, 0.5) is 38.0 Å². The van der Waals surface area contributed by atoms with Gasteiger partial charge in [-0.15, -0.1) is 0 Å². The van der Waals surface area contributed by atoms with Crippen LogP contribution in [0.5, 0.6) is 0 Å². The Labute approximate surface area is 115 Å². The van der Waals surface area contributed by atoms with Gasteiger partial charge in [-0.05, 0) is 23.9 Å². The van der Waals surface area contributed by atoms with Gasteiger partial charge in [-0.2, -0.15) is 26.3 Å². The van der Waals surface area contributed by atoms with Crippen molar-refractivity contribution in [2.45, 2.75) is 11.7 Å². The molecular formula is C10H11F6N3S. The van der Waals surface area contributed by atoms with E-state index in [0.717, 1.165) is 12.1 Å². The van der Waals surface area contributed by atoms with Gasteiger partial charge in [-0.25, -0.2) is 4.98 Å². The summed E-state index contributed by atoms with van der Waals surface area (Å²) in [4.78, 5) is 3.79. The standard InChI is InChI=1S/C10H11F6N3S/c1-17-7-4-6(9(11,12)13)5-8(19-7)18-2-3-20-10(14,15)16/h4-5H,2-3H2,1H3,(H2,17,18,19). The number of rotatable bonds is 5. The molecule has 0 aliphatic rings. The summed E-state index contributed by atoms with van der Waals surface area (Å²) >= 11 is -0.256. The SMILES string of the molecule is CNc1cc(C(F)(F)F)cc(NCCSC(F)(F)F)n1. The quantitative estimate of drug-likeness (QED) is 0.639. The zero-order valence-electron chi connectivity index (χ0n) is 10.2. The Morgan fingerprint density at radius 3 is 2.20 bits per heavy atom. The van der Waals surface area contributed by atoms with Crippen molar-refractivity contribution in [2.24, 2.45) is 0 Å². The summed E-state index contributed by atoms with van der Waals surface area (Å²) in [5.74, 6) is -0.478. The van der Waals surface area contributed by atoms with E-state index in [1.807, 2.05) is 0 Å². The van der Waals surface area contributed by atoms with E-state index >= 15 is 0 Å². The maximum atomic E-state index is 12.6. The predicted octanol–water partition coefficient (Wildman–Crippen LogP) is 3.81. The Balaban J connectivity index is 2.70. The fourth-order valence-corrected chi connectivity index (χ4v) is 1.69. The molecule has 10 heteroatoms. The first-order valence-electron chi connectivity index (χ1n) is 5.33. The first-order chi connectivity index (χ1) is 9.12. The lowest BCUT2D eigenvalue weighted by atomic mass is 10.2. The van der Waals surface area contributed by atoms with Gasteiger partial charge in [-0.3, -0.25) is 0 Å². The molecule has 0 spiro atoms. The van der Waals surface area contributed by atoms with E-state index in [0.29, 0.717) is 0 Å². The molecule has 0 atom stereocenters. The van der Waals surface area contributed by atoms with Gasteiger partial charge in [0.15, 0.2) is 0 Å². The topological polar surface area (TPSA) is 37.0 Å². The largest absolute Gasteiger partial charge is 0.441 e. The molecule has 114 valence electrons. The number of halogens is 6. The molecule has 0 radical (unpaired) electrons. The van der Waals surface area contributed by atoms with Crippen LogP contribution in [0.15, 0.2) is 12.1 Å². The molecule has 2 N–H and O–H groups in total. The molecule has 1 heterocycles. The Bertz CT molecular complexity index is 446. The van der Waals surface area contributed by atoms with Crippen LogP contribution in [0.1, 0.15) is 5.56 Å². The molecular weight excluding hydrogens is 308 g/mol. The number of alkyl halides is 6. The summed E-state index contributed by atoms with van der Waals surface area (Å²) in [6, 6.07) is 1.56. The molecule has 1 rings (SSSR count). The summed E-state index contributed by atoms with van der Waals surface area (Å²) in [6.07, 6.45) is -4.55. The van der Waals surface area contributed by atoms with Crippen molar-refractivity contribution in [1.29, 1.82) is 0 Å². The first kappa shape index (κ1) is 16.7. The summed E-state index contributed by atoms with van der Waals surface area (Å²) in [5.41, 5.74) is -5.29. The average molecular weight is 319 g/mol. The maximum absolute atomic E-state index is 12.6. The van der Waals surface area contributed by atoms with Crippen LogP contribution < -0.4 is 10.6 Å². The van der Waals surface area contributed by atoms with E-state index in [4.69, 9.17) is 0 Å². The van der Waals surface area contributed by atoms with Gasteiger partial charge in [0.1, 0.15) is 11.6 Å². The highest BCUT2D eigenvalue weighted by Gasteiger charge is 2.31. The van der Waals surface area contributed by atoms with Crippen LogP contribution in [0, 0.1) is 0 Å². The minimum Gasteiger partial charge on any atom is -0.373 e. The molecule has 0 aliphatic carbocycles. The number of hydrogen-bond donors (Lipinski definition) is 2. The van der Waals surface area contributed by atoms with Crippen molar-refractivity contribution < 1.29 is 26.3 Å². The van der Waals surface area contributed by atoms with E-state index in [9.17, 15) is 26.3 Å². The lowest BCUT2D eigenvalue weighted by Crippen LogP contribution is -2.13. The Kier molecular flexibility index (Phi) is 5.37. The molecule has 0 fully saturated rings. The van der Waals surface area contributed by atoms with Gasteiger partial charge in [0, 0.05) is 19.3 Å². The van der Waals surface area contributed by atoms with Crippen molar-refractivity contribution in [2.75, 3.05) is 30.0 Å². The third kappa shape index (κ3) is 5.76. The molecule has 0 bridgehead atoms. The Morgan fingerprint density at radius 2 is 1.70 bits per heavy atom. The van der Waals surface area contributed by atoms with E-state index in [1.165, 1.54) is 7.05 Å². The van der Waals surface area contributed by atoms with Gasteiger partial charge in [0.25, 0.3) is 0 Å². The number of anilines is 2. The van der Waals surface area contributed by atoms with Crippen LogP contribution in [0.2, 0.25) is 0 Å².